The number of piperidine rings is 1. The minimum Gasteiger partial charge on any atom is -0.342 e. The molecular formula is C21H28N4O2. The third-order valence-electron chi connectivity index (χ3n) is 6.09. The van der Waals surface area contributed by atoms with E-state index in [0.29, 0.717) is 18.9 Å². The Morgan fingerprint density at radius 3 is 2.89 bits per heavy atom. The predicted molar refractivity (Wildman–Crippen MR) is 102 cm³/mol. The van der Waals surface area contributed by atoms with E-state index in [4.69, 9.17) is 4.98 Å². The van der Waals surface area contributed by atoms with Gasteiger partial charge in [0.1, 0.15) is 5.82 Å². The Hall–Kier alpha value is -2.24. The highest BCUT2D eigenvalue weighted by molar-refractivity contribution is 5.77. The van der Waals surface area contributed by atoms with Crippen LogP contribution < -0.4 is 0 Å². The molecule has 0 radical (unpaired) electrons. The molecule has 1 aromatic heterocycles. The molecule has 144 valence electrons. The standard InChI is InChI=1S/C21H28N4O2/c1-15(26)24-10-8-19-18(14-24)12-22-21(23-19)17-7-4-9-25(13-17)20(27)11-16-5-2-3-6-16/h2,5,12,16-17H,3-4,6-11,13-14H2,1H3/t16-,17-/m1/s1. The summed E-state index contributed by atoms with van der Waals surface area (Å²) < 4.78 is 0. The molecule has 4 rings (SSSR count). The number of amides is 2. The molecule has 1 aliphatic carbocycles. The first-order chi connectivity index (χ1) is 13.1. The summed E-state index contributed by atoms with van der Waals surface area (Å²) in [6, 6.07) is 0. The van der Waals surface area contributed by atoms with Crippen molar-refractivity contribution in [3.05, 3.63) is 35.4 Å². The number of fused-ring (bicyclic) bond motifs is 1. The Balaban J connectivity index is 1.42. The lowest BCUT2D eigenvalue weighted by molar-refractivity contribution is -0.133. The minimum atomic E-state index is 0.100. The molecule has 0 aromatic carbocycles. The van der Waals surface area contributed by atoms with Crippen LogP contribution in [0, 0.1) is 5.92 Å². The second-order valence-electron chi connectivity index (χ2n) is 8.04. The largest absolute Gasteiger partial charge is 0.342 e. The molecule has 0 unspecified atom stereocenters. The van der Waals surface area contributed by atoms with Gasteiger partial charge in [-0.1, -0.05) is 12.2 Å². The molecule has 2 aliphatic heterocycles. The summed E-state index contributed by atoms with van der Waals surface area (Å²) >= 11 is 0. The van der Waals surface area contributed by atoms with Crippen molar-refractivity contribution in [2.45, 2.75) is 57.9 Å². The van der Waals surface area contributed by atoms with Crippen LogP contribution in [-0.2, 0) is 22.6 Å². The highest BCUT2D eigenvalue weighted by atomic mass is 16.2. The minimum absolute atomic E-state index is 0.100. The van der Waals surface area contributed by atoms with Crippen molar-refractivity contribution >= 4 is 11.8 Å². The van der Waals surface area contributed by atoms with E-state index in [0.717, 1.165) is 68.8 Å². The third kappa shape index (κ3) is 4.04. The van der Waals surface area contributed by atoms with Crippen molar-refractivity contribution in [3.63, 3.8) is 0 Å². The highest BCUT2D eigenvalue weighted by Crippen LogP contribution is 2.28. The molecule has 0 N–H and O–H groups in total. The van der Waals surface area contributed by atoms with Gasteiger partial charge in [0.2, 0.25) is 11.8 Å². The van der Waals surface area contributed by atoms with Crippen molar-refractivity contribution in [1.82, 2.24) is 19.8 Å². The van der Waals surface area contributed by atoms with Crippen LogP contribution in [0.25, 0.3) is 0 Å². The van der Waals surface area contributed by atoms with E-state index in [1.54, 1.807) is 6.92 Å². The summed E-state index contributed by atoms with van der Waals surface area (Å²) in [4.78, 5) is 37.6. The maximum atomic E-state index is 12.7. The van der Waals surface area contributed by atoms with Crippen LogP contribution in [-0.4, -0.2) is 51.2 Å². The molecule has 3 aliphatic rings. The van der Waals surface area contributed by atoms with Crippen LogP contribution in [0.4, 0.5) is 0 Å². The number of hydrogen-bond donors (Lipinski definition) is 0. The molecule has 0 saturated carbocycles. The van der Waals surface area contributed by atoms with Crippen LogP contribution in [0.2, 0.25) is 0 Å². The molecule has 1 fully saturated rings. The normalized spacial score (nSPS) is 24.8. The van der Waals surface area contributed by atoms with Crippen LogP contribution in [0.1, 0.15) is 62.0 Å². The van der Waals surface area contributed by atoms with Gasteiger partial charge in [-0.15, -0.1) is 0 Å². The maximum Gasteiger partial charge on any atom is 0.223 e. The van der Waals surface area contributed by atoms with E-state index in [1.807, 2.05) is 16.0 Å². The van der Waals surface area contributed by atoms with Gasteiger partial charge >= 0.3 is 0 Å². The Labute approximate surface area is 160 Å². The quantitative estimate of drug-likeness (QED) is 0.769. The average molecular weight is 368 g/mol. The highest BCUT2D eigenvalue weighted by Gasteiger charge is 2.29. The van der Waals surface area contributed by atoms with Gasteiger partial charge in [0.25, 0.3) is 0 Å². The molecule has 27 heavy (non-hydrogen) atoms. The summed E-state index contributed by atoms with van der Waals surface area (Å²) in [6.45, 7) is 4.52. The van der Waals surface area contributed by atoms with Crippen molar-refractivity contribution in [1.29, 1.82) is 0 Å². The van der Waals surface area contributed by atoms with E-state index in [1.165, 1.54) is 0 Å². The van der Waals surface area contributed by atoms with E-state index < -0.39 is 0 Å². The number of aromatic nitrogens is 2. The monoisotopic (exact) mass is 368 g/mol. The zero-order valence-electron chi connectivity index (χ0n) is 16.1. The van der Waals surface area contributed by atoms with Crippen molar-refractivity contribution in [2.24, 2.45) is 5.92 Å². The average Bonchev–Trinajstić information content (AvgIpc) is 3.20. The lowest BCUT2D eigenvalue weighted by Gasteiger charge is -2.33. The van der Waals surface area contributed by atoms with Crippen molar-refractivity contribution in [2.75, 3.05) is 19.6 Å². The van der Waals surface area contributed by atoms with Gasteiger partial charge in [-0.05, 0) is 31.6 Å². The number of carbonyl (C=O) groups is 2. The van der Waals surface area contributed by atoms with Gasteiger partial charge in [-0.2, -0.15) is 0 Å². The lowest BCUT2D eigenvalue weighted by atomic mass is 9.95. The number of hydrogen-bond acceptors (Lipinski definition) is 4. The maximum absolute atomic E-state index is 12.7. The van der Waals surface area contributed by atoms with Crippen LogP contribution in [0.3, 0.4) is 0 Å². The molecule has 1 saturated heterocycles. The summed E-state index contributed by atoms with van der Waals surface area (Å²) in [6.07, 6.45) is 11.9. The Bertz CT molecular complexity index is 761. The first-order valence-corrected chi connectivity index (χ1v) is 10.1. The van der Waals surface area contributed by atoms with E-state index in [2.05, 4.69) is 17.1 Å². The second-order valence-corrected chi connectivity index (χ2v) is 8.04. The summed E-state index contributed by atoms with van der Waals surface area (Å²) in [5.74, 6) is 1.87. The second kappa shape index (κ2) is 7.79. The van der Waals surface area contributed by atoms with E-state index in [-0.39, 0.29) is 17.7 Å². The van der Waals surface area contributed by atoms with Crippen molar-refractivity contribution < 1.29 is 9.59 Å². The van der Waals surface area contributed by atoms with Crippen molar-refractivity contribution in [3.8, 4) is 0 Å². The topological polar surface area (TPSA) is 66.4 Å². The van der Waals surface area contributed by atoms with E-state index in [9.17, 15) is 9.59 Å². The molecule has 0 spiro atoms. The van der Waals surface area contributed by atoms with Gasteiger partial charge < -0.3 is 9.80 Å². The fraction of sp³-hybridized carbons (Fsp3) is 0.619. The SMILES string of the molecule is CC(=O)N1CCc2nc([C@@H]3CCCN(C(=O)C[C@@H]4C=CCC4)C3)ncc2C1. The number of allylic oxidation sites excluding steroid dienone is 2. The summed E-state index contributed by atoms with van der Waals surface area (Å²) in [7, 11) is 0. The predicted octanol–water partition coefficient (Wildman–Crippen LogP) is 2.44. The number of likely N-dealkylation sites (tertiary alicyclic amines) is 1. The molecule has 1 aromatic rings. The van der Waals surface area contributed by atoms with Gasteiger partial charge in [0.15, 0.2) is 0 Å². The molecule has 2 atom stereocenters. The molecule has 2 amide bonds. The lowest BCUT2D eigenvalue weighted by Crippen LogP contribution is -2.40. The zero-order chi connectivity index (χ0) is 18.8. The van der Waals surface area contributed by atoms with Gasteiger partial charge in [-0.3, -0.25) is 9.59 Å². The van der Waals surface area contributed by atoms with Crippen LogP contribution >= 0.6 is 0 Å². The zero-order valence-corrected chi connectivity index (χ0v) is 16.1. The molecule has 0 bridgehead atoms. The van der Waals surface area contributed by atoms with Gasteiger partial charge in [0, 0.05) is 63.6 Å². The summed E-state index contributed by atoms with van der Waals surface area (Å²) in [5.41, 5.74) is 2.12. The number of carbonyl (C=O) groups excluding carboxylic acids is 2. The summed E-state index contributed by atoms with van der Waals surface area (Å²) in [5, 5.41) is 0. The van der Waals surface area contributed by atoms with Gasteiger partial charge in [-0.25, -0.2) is 9.97 Å². The Kier molecular flexibility index (Phi) is 5.23. The Morgan fingerprint density at radius 2 is 2.11 bits per heavy atom. The fourth-order valence-electron chi connectivity index (χ4n) is 4.43. The number of rotatable bonds is 3. The first kappa shape index (κ1) is 18.1. The fourth-order valence-corrected chi connectivity index (χ4v) is 4.43. The first-order valence-electron chi connectivity index (χ1n) is 10.1. The van der Waals surface area contributed by atoms with Crippen LogP contribution in [0.15, 0.2) is 18.3 Å². The number of nitrogens with zero attached hydrogens (tertiary/aromatic N) is 4. The molecular weight excluding hydrogens is 340 g/mol. The Morgan fingerprint density at radius 1 is 1.22 bits per heavy atom. The third-order valence-corrected chi connectivity index (χ3v) is 6.09. The van der Waals surface area contributed by atoms with Gasteiger partial charge in [0.05, 0.1) is 5.69 Å². The van der Waals surface area contributed by atoms with Crippen LogP contribution in [0.5, 0.6) is 0 Å². The molecule has 6 heteroatoms. The smallest absolute Gasteiger partial charge is 0.223 e. The molecule has 3 heterocycles. The molecule has 6 nitrogen and oxygen atoms in total. The van der Waals surface area contributed by atoms with E-state index >= 15 is 0 Å².